The van der Waals surface area contributed by atoms with Gasteiger partial charge >= 0.3 is 0 Å². The van der Waals surface area contributed by atoms with E-state index >= 15 is 0 Å². The molecule has 1 spiro atoms. The maximum absolute atomic E-state index is 2.53. The standard InChI is InChI=1S/C55H41NS/c1-53(2)43-18-8-5-15-37(43)39-28-25-34(31-49(39)53)56(36-27-30-42-41-17-7-14-24-51(41)57-52(42)33-36)35-26-29-40-38-16-6-9-19-44(38)55(50(40)32-35)47-22-12-10-20-45(47)54(3,4)46-21-11-13-23-48(46)55/h5-33H,1-4H3. The van der Waals surface area contributed by atoms with Gasteiger partial charge in [0.2, 0.25) is 0 Å². The molecular formula is C55H41NS. The molecule has 9 aromatic rings. The molecule has 0 radical (unpaired) electrons. The van der Waals surface area contributed by atoms with Gasteiger partial charge in [-0.15, -0.1) is 11.3 Å². The molecule has 3 aliphatic rings. The van der Waals surface area contributed by atoms with Gasteiger partial charge in [-0.3, -0.25) is 0 Å². The highest BCUT2D eigenvalue weighted by Crippen LogP contribution is 2.63. The highest BCUT2D eigenvalue weighted by Gasteiger charge is 2.53. The van der Waals surface area contributed by atoms with Crippen LogP contribution in [0.4, 0.5) is 17.1 Å². The topological polar surface area (TPSA) is 3.24 Å². The first kappa shape index (κ1) is 33.0. The lowest BCUT2D eigenvalue weighted by Gasteiger charge is -2.46. The zero-order chi connectivity index (χ0) is 38.3. The zero-order valence-corrected chi connectivity index (χ0v) is 33.4. The Hall–Kier alpha value is -6.22. The molecule has 0 N–H and O–H groups in total. The van der Waals surface area contributed by atoms with Crippen LogP contribution >= 0.6 is 11.3 Å². The lowest BCUT2D eigenvalue weighted by atomic mass is 9.55. The first-order chi connectivity index (χ1) is 27.8. The number of nitrogens with zero attached hydrogens (tertiary/aromatic N) is 1. The normalized spacial score (nSPS) is 15.8. The molecule has 0 atom stereocenters. The van der Waals surface area contributed by atoms with Crippen LogP contribution in [0.15, 0.2) is 176 Å². The summed E-state index contributed by atoms with van der Waals surface area (Å²) in [7, 11) is 0. The minimum Gasteiger partial charge on any atom is -0.310 e. The molecule has 57 heavy (non-hydrogen) atoms. The maximum Gasteiger partial charge on any atom is 0.0720 e. The molecule has 0 bridgehead atoms. The fourth-order valence-electron chi connectivity index (χ4n) is 11.1. The van der Waals surface area contributed by atoms with Gasteiger partial charge in [0.25, 0.3) is 0 Å². The van der Waals surface area contributed by atoms with E-state index in [4.69, 9.17) is 0 Å². The van der Waals surface area contributed by atoms with Crippen LogP contribution in [-0.2, 0) is 16.2 Å². The maximum atomic E-state index is 2.53. The summed E-state index contributed by atoms with van der Waals surface area (Å²) in [4.78, 5) is 2.52. The minimum absolute atomic E-state index is 0.116. The molecule has 1 nitrogen and oxygen atoms in total. The smallest absolute Gasteiger partial charge is 0.0720 e. The largest absolute Gasteiger partial charge is 0.310 e. The quantitative estimate of drug-likeness (QED) is 0.174. The number of hydrogen-bond donors (Lipinski definition) is 0. The van der Waals surface area contributed by atoms with Crippen LogP contribution in [0.5, 0.6) is 0 Å². The Kier molecular flexibility index (Phi) is 6.61. The molecule has 12 rings (SSSR count). The van der Waals surface area contributed by atoms with Gasteiger partial charge in [-0.2, -0.15) is 0 Å². The molecule has 0 saturated heterocycles. The second-order valence-corrected chi connectivity index (χ2v) is 18.3. The van der Waals surface area contributed by atoms with Crippen LogP contribution in [-0.4, -0.2) is 0 Å². The monoisotopic (exact) mass is 747 g/mol. The minimum atomic E-state index is -0.465. The summed E-state index contributed by atoms with van der Waals surface area (Å²) in [5.74, 6) is 0. The number of hydrogen-bond acceptors (Lipinski definition) is 2. The summed E-state index contributed by atoms with van der Waals surface area (Å²) in [6.07, 6.45) is 0. The number of benzene rings is 8. The number of fused-ring (bicyclic) bond motifs is 15. The van der Waals surface area contributed by atoms with Crippen molar-refractivity contribution in [3.8, 4) is 22.3 Å². The SMILES string of the molecule is CC1(C)c2ccccc2-c2ccc(N(c3ccc4c(c3)C3(c5ccccc5-4)c4ccccc4C(C)(C)c4ccccc43)c3ccc4c(c3)sc3ccccc34)cc21. The third-order valence-electron chi connectivity index (χ3n) is 13.7. The lowest BCUT2D eigenvalue weighted by Crippen LogP contribution is -2.40. The molecule has 0 unspecified atom stereocenters. The summed E-state index contributed by atoms with van der Waals surface area (Å²) in [6, 6.07) is 66.9. The molecule has 0 fully saturated rings. The summed E-state index contributed by atoms with van der Waals surface area (Å²) >= 11 is 1.88. The molecule has 0 saturated carbocycles. The second-order valence-electron chi connectivity index (χ2n) is 17.3. The molecule has 272 valence electrons. The third kappa shape index (κ3) is 4.24. The number of rotatable bonds is 3. The lowest BCUT2D eigenvalue weighted by molar-refractivity contribution is 0.563. The first-order valence-electron chi connectivity index (χ1n) is 20.2. The van der Waals surface area contributed by atoms with Crippen molar-refractivity contribution in [1.29, 1.82) is 0 Å². The van der Waals surface area contributed by atoms with E-state index in [2.05, 4.69) is 209 Å². The Balaban J connectivity index is 1.14. The van der Waals surface area contributed by atoms with Crippen molar-refractivity contribution in [2.24, 2.45) is 0 Å². The van der Waals surface area contributed by atoms with E-state index < -0.39 is 5.41 Å². The van der Waals surface area contributed by atoms with E-state index in [0.29, 0.717) is 0 Å². The molecule has 1 aromatic heterocycles. The Labute approximate surface area is 338 Å². The molecular weight excluding hydrogens is 707 g/mol. The van der Waals surface area contributed by atoms with E-state index in [-0.39, 0.29) is 10.8 Å². The van der Waals surface area contributed by atoms with Crippen molar-refractivity contribution < 1.29 is 0 Å². The van der Waals surface area contributed by atoms with Gasteiger partial charge < -0.3 is 4.90 Å². The summed E-state index contributed by atoms with van der Waals surface area (Å²) in [5.41, 5.74) is 19.1. The Morgan fingerprint density at radius 3 is 1.46 bits per heavy atom. The van der Waals surface area contributed by atoms with Gasteiger partial charge in [-0.1, -0.05) is 161 Å². The van der Waals surface area contributed by atoms with Crippen LogP contribution in [0.2, 0.25) is 0 Å². The van der Waals surface area contributed by atoms with Gasteiger partial charge in [0.05, 0.1) is 5.41 Å². The molecule has 0 amide bonds. The predicted molar refractivity (Wildman–Crippen MR) is 241 cm³/mol. The molecule has 2 heteroatoms. The van der Waals surface area contributed by atoms with Gasteiger partial charge in [-0.05, 0) is 109 Å². The molecule has 1 heterocycles. The third-order valence-corrected chi connectivity index (χ3v) is 14.9. The van der Waals surface area contributed by atoms with E-state index in [1.165, 1.54) is 92.6 Å². The average molecular weight is 748 g/mol. The van der Waals surface area contributed by atoms with Gasteiger partial charge in [0.15, 0.2) is 0 Å². The molecule has 8 aromatic carbocycles. The molecule has 3 aliphatic carbocycles. The van der Waals surface area contributed by atoms with Gasteiger partial charge in [0.1, 0.15) is 0 Å². The predicted octanol–water partition coefficient (Wildman–Crippen LogP) is 14.8. The highest BCUT2D eigenvalue weighted by molar-refractivity contribution is 7.25. The number of anilines is 3. The van der Waals surface area contributed by atoms with Crippen LogP contribution in [0.3, 0.4) is 0 Å². The second kappa shape index (κ2) is 11.4. The van der Waals surface area contributed by atoms with Crippen molar-refractivity contribution in [2.75, 3.05) is 4.90 Å². The van der Waals surface area contributed by atoms with Crippen molar-refractivity contribution >= 4 is 48.6 Å². The fraction of sp³-hybridized carbons (Fsp3) is 0.127. The first-order valence-corrected chi connectivity index (χ1v) is 21.0. The Morgan fingerprint density at radius 2 is 0.772 bits per heavy atom. The summed E-state index contributed by atoms with van der Waals surface area (Å²) in [5, 5.41) is 2.63. The van der Waals surface area contributed by atoms with E-state index in [1.54, 1.807) is 0 Å². The Bertz CT molecular complexity index is 3110. The van der Waals surface area contributed by atoms with Crippen LogP contribution in [0.1, 0.15) is 72.2 Å². The fourth-order valence-corrected chi connectivity index (χ4v) is 12.3. The van der Waals surface area contributed by atoms with Crippen molar-refractivity contribution in [3.63, 3.8) is 0 Å². The van der Waals surface area contributed by atoms with Crippen molar-refractivity contribution in [3.05, 3.63) is 220 Å². The van der Waals surface area contributed by atoms with E-state index in [0.717, 1.165) is 11.4 Å². The summed E-state index contributed by atoms with van der Waals surface area (Å²) in [6.45, 7) is 9.56. The Morgan fingerprint density at radius 1 is 0.333 bits per heavy atom. The van der Waals surface area contributed by atoms with Crippen molar-refractivity contribution in [2.45, 2.75) is 43.9 Å². The van der Waals surface area contributed by atoms with E-state index in [9.17, 15) is 0 Å². The van der Waals surface area contributed by atoms with Crippen LogP contribution in [0, 0.1) is 0 Å². The van der Waals surface area contributed by atoms with Gasteiger partial charge in [0, 0.05) is 48.1 Å². The van der Waals surface area contributed by atoms with Gasteiger partial charge in [-0.25, -0.2) is 0 Å². The number of thiophene rings is 1. The van der Waals surface area contributed by atoms with Crippen LogP contribution in [0.25, 0.3) is 42.4 Å². The van der Waals surface area contributed by atoms with Crippen molar-refractivity contribution in [1.82, 2.24) is 0 Å². The highest BCUT2D eigenvalue weighted by atomic mass is 32.1. The molecule has 0 aliphatic heterocycles. The average Bonchev–Trinajstić information content (AvgIpc) is 3.84. The van der Waals surface area contributed by atoms with E-state index in [1.807, 2.05) is 11.3 Å². The van der Waals surface area contributed by atoms with Crippen LogP contribution < -0.4 is 4.90 Å². The summed E-state index contributed by atoms with van der Waals surface area (Å²) < 4.78 is 2.62. The zero-order valence-electron chi connectivity index (χ0n) is 32.6.